The molecule has 0 heterocycles. The molecule has 4 N–H and O–H groups in total. The Labute approximate surface area is 235 Å². The Morgan fingerprint density at radius 2 is 1.85 bits per heavy atom. The van der Waals surface area contributed by atoms with Crippen molar-refractivity contribution in [2.24, 2.45) is 33.7 Å². The molecule has 1 aromatic carbocycles. The maximum absolute atomic E-state index is 12.4. The van der Waals surface area contributed by atoms with E-state index in [4.69, 9.17) is 11.3 Å². The van der Waals surface area contributed by atoms with Gasteiger partial charge in [-0.1, -0.05) is 60.8 Å². The van der Waals surface area contributed by atoms with E-state index in [-0.39, 0.29) is 10.8 Å². The molecule has 40 heavy (non-hydrogen) atoms. The van der Waals surface area contributed by atoms with Gasteiger partial charge in [0, 0.05) is 5.41 Å². The van der Waals surface area contributed by atoms with Crippen LogP contribution in [0.1, 0.15) is 76.9 Å². The predicted molar refractivity (Wildman–Crippen MR) is 150 cm³/mol. The standard InChI is InChI=1S/C32H40N2O6/c1-4-32(39)17-14-25-23-11-10-21-18-22(12-15-30(21,2)24(23)13-16-31(25,32)3)34-40-19-26(35)33-27(29(37)38)28(36)20-8-6-5-7-9-20/h1,5-9,18,23-25,27-28,36,39H,10-17,19H2,2-3H3,(H,33,35)(H,37,38)/t23-,24+,25-,27+,28+,30+,31+,32+/m1/s1. The van der Waals surface area contributed by atoms with Gasteiger partial charge in [-0.2, -0.15) is 0 Å². The second kappa shape index (κ2) is 10.7. The summed E-state index contributed by atoms with van der Waals surface area (Å²) in [6.45, 7) is 4.13. The summed E-state index contributed by atoms with van der Waals surface area (Å²) in [6, 6.07) is 6.83. The van der Waals surface area contributed by atoms with Gasteiger partial charge in [0.05, 0.1) is 5.71 Å². The Balaban J connectivity index is 1.21. The number of carboxylic acids is 1. The highest BCUT2D eigenvalue weighted by atomic mass is 16.6. The van der Waals surface area contributed by atoms with Crippen molar-refractivity contribution in [2.45, 2.75) is 83.0 Å². The van der Waals surface area contributed by atoms with E-state index < -0.39 is 36.2 Å². The first-order valence-electron chi connectivity index (χ1n) is 14.4. The number of aliphatic hydroxyl groups excluding tert-OH is 1. The molecule has 1 aromatic rings. The Kier molecular flexibility index (Phi) is 7.58. The van der Waals surface area contributed by atoms with Gasteiger partial charge in [0.15, 0.2) is 12.6 Å². The van der Waals surface area contributed by atoms with E-state index in [0.29, 0.717) is 29.7 Å². The highest BCUT2D eigenvalue weighted by Crippen LogP contribution is 2.67. The third-order valence-electron chi connectivity index (χ3n) is 10.8. The third-order valence-corrected chi connectivity index (χ3v) is 10.8. The van der Waals surface area contributed by atoms with E-state index in [9.17, 15) is 24.9 Å². The molecule has 8 heteroatoms. The van der Waals surface area contributed by atoms with Crippen LogP contribution in [0.5, 0.6) is 0 Å². The molecular weight excluding hydrogens is 508 g/mol. The summed E-state index contributed by atoms with van der Waals surface area (Å²) in [5.74, 6) is 2.27. The normalized spacial score (nSPS) is 37.1. The first kappa shape index (κ1) is 28.4. The van der Waals surface area contributed by atoms with Crippen molar-refractivity contribution in [3.05, 3.63) is 47.5 Å². The highest BCUT2D eigenvalue weighted by Gasteiger charge is 2.63. The number of fused-ring (bicyclic) bond motifs is 5. The summed E-state index contributed by atoms with van der Waals surface area (Å²) < 4.78 is 0. The van der Waals surface area contributed by atoms with Crippen molar-refractivity contribution in [1.82, 2.24) is 5.32 Å². The van der Waals surface area contributed by atoms with Crippen LogP contribution in [-0.2, 0) is 14.4 Å². The van der Waals surface area contributed by atoms with Crippen molar-refractivity contribution < 1.29 is 29.7 Å². The molecule has 8 nitrogen and oxygen atoms in total. The Bertz CT molecular complexity index is 1250. The van der Waals surface area contributed by atoms with Gasteiger partial charge in [-0.15, -0.1) is 6.42 Å². The van der Waals surface area contributed by atoms with E-state index in [1.54, 1.807) is 30.3 Å². The average Bonchev–Trinajstić information content (AvgIpc) is 3.22. The van der Waals surface area contributed by atoms with Gasteiger partial charge in [-0.25, -0.2) is 4.79 Å². The first-order valence-corrected chi connectivity index (χ1v) is 14.4. The molecule has 0 saturated heterocycles. The maximum Gasteiger partial charge on any atom is 0.329 e. The number of carbonyl (C=O) groups excluding carboxylic acids is 1. The number of aliphatic hydroxyl groups is 2. The van der Waals surface area contributed by atoms with Crippen LogP contribution in [0, 0.1) is 40.9 Å². The third kappa shape index (κ3) is 4.73. The number of hydrogen-bond acceptors (Lipinski definition) is 6. The largest absolute Gasteiger partial charge is 0.480 e. The number of hydrogen-bond donors (Lipinski definition) is 4. The van der Waals surface area contributed by atoms with Crippen LogP contribution in [0.2, 0.25) is 0 Å². The van der Waals surface area contributed by atoms with Gasteiger partial charge in [-0.3, -0.25) is 4.79 Å². The number of allylic oxidation sites excluding steroid dienone is 2. The van der Waals surface area contributed by atoms with Crippen LogP contribution >= 0.6 is 0 Å². The van der Waals surface area contributed by atoms with E-state index in [1.165, 1.54) is 5.57 Å². The molecule has 0 radical (unpaired) electrons. The summed E-state index contributed by atoms with van der Waals surface area (Å²) in [5.41, 5.74) is 1.40. The number of carboxylic acid groups (broad SMARTS) is 1. The summed E-state index contributed by atoms with van der Waals surface area (Å²) in [5, 5.41) is 37.7. The lowest BCUT2D eigenvalue weighted by molar-refractivity contribution is -0.146. The van der Waals surface area contributed by atoms with Crippen molar-refractivity contribution in [3.8, 4) is 12.3 Å². The number of nitrogens with one attached hydrogen (secondary N) is 1. The van der Waals surface area contributed by atoms with Gasteiger partial charge in [0.2, 0.25) is 0 Å². The lowest BCUT2D eigenvalue weighted by Crippen LogP contribution is -2.54. The van der Waals surface area contributed by atoms with E-state index in [0.717, 1.165) is 50.7 Å². The van der Waals surface area contributed by atoms with Crippen LogP contribution in [-0.4, -0.2) is 51.2 Å². The van der Waals surface area contributed by atoms with Crippen molar-refractivity contribution in [2.75, 3.05) is 6.61 Å². The minimum Gasteiger partial charge on any atom is -0.480 e. The topological polar surface area (TPSA) is 128 Å². The van der Waals surface area contributed by atoms with Gasteiger partial charge in [-0.05, 0) is 86.2 Å². The molecule has 214 valence electrons. The SMILES string of the molecule is C#C[C@]1(O)CC[C@@H]2[C@@H]3CCC4=CC(=NOCC(=O)N[C@H](C(=O)O)[C@@H](O)c5ccccc5)CC[C@]4(C)[C@H]3CC[C@@]21C. The first-order chi connectivity index (χ1) is 19.0. The van der Waals surface area contributed by atoms with Crippen molar-refractivity contribution >= 4 is 17.6 Å². The Morgan fingerprint density at radius 3 is 2.55 bits per heavy atom. The van der Waals surface area contributed by atoms with E-state index in [1.807, 2.05) is 0 Å². The molecule has 0 aliphatic heterocycles. The van der Waals surface area contributed by atoms with Crippen LogP contribution in [0.25, 0.3) is 0 Å². The number of nitrogens with zero attached hydrogens (tertiary/aromatic N) is 1. The molecule has 0 aromatic heterocycles. The average molecular weight is 549 g/mol. The van der Waals surface area contributed by atoms with E-state index >= 15 is 0 Å². The van der Waals surface area contributed by atoms with Crippen LogP contribution in [0.15, 0.2) is 47.1 Å². The molecule has 0 unspecified atom stereocenters. The zero-order valence-electron chi connectivity index (χ0n) is 23.3. The number of carbonyl (C=O) groups is 2. The number of aliphatic carboxylic acids is 1. The van der Waals surface area contributed by atoms with Gasteiger partial charge < -0.3 is 25.5 Å². The minimum atomic E-state index is -1.51. The monoisotopic (exact) mass is 548 g/mol. The lowest BCUT2D eigenvalue weighted by atomic mass is 9.46. The molecule has 4 aliphatic rings. The molecule has 3 saturated carbocycles. The van der Waals surface area contributed by atoms with Gasteiger partial charge in [0.1, 0.15) is 11.7 Å². The fourth-order valence-electron chi connectivity index (χ4n) is 8.40. The molecule has 0 spiro atoms. The van der Waals surface area contributed by atoms with Crippen LogP contribution < -0.4 is 5.32 Å². The molecule has 0 bridgehead atoms. The van der Waals surface area contributed by atoms with Crippen molar-refractivity contribution in [1.29, 1.82) is 0 Å². The van der Waals surface area contributed by atoms with Gasteiger partial charge >= 0.3 is 5.97 Å². The number of rotatable bonds is 7. The number of terminal acetylenes is 1. The molecule has 1 amide bonds. The second-order valence-corrected chi connectivity index (χ2v) is 12.6. The van der Waals surface area contributed by atoms with Crippen LogP contribution in [0.3, 0.4) is 0 Å². The summed E-state index contributed by atoms with van der Waals surface area (Å²) >= 11 is 0. The lowest BCUT2D eigenvalue weighted by Gasteiger charge is -2.58. The van der Waals surface area contributed by atoms with E-state index in [2.05, 4.69) is 36.3 Å². The minimum absolute atomic E-state index is 0.0692. The number of oxime groups is 1. The zero-order chi connectivity index (χ0) is 28.7. The molecule has 5 rings (SSSR count). The summed E-state index contributed by atoms with van der Waals surface area (Å²) in [7, 11) is 0. The predicted octanol–water partition coefficient (Wildman–Crippen LogP) is 3.99. The Hall–Kier alpha value is -3.15. The zero-order valence-corrected chi connectivity index (χ0v) is 23.3. The number of benzene rings is 1. The number of amides is 1. The molecule has 4 aliphatic carbocycles. The maximum atomic E-state index is 12.4. The Morgan fingerprint density at radius 1 is 1.12 bits per heavy atom. The van der Waals surface area contributed by atoms with Crippen LogP contribution in [0.4, 0.5) is 0 Å². The summed E-state index contributed by atoms with van der Waals surface area (Å²) in [6.07, 6.45) is 13.9. The fraction of sp³-hybridized carbons (Fsp3) is 0.594. The van der Waals surface area contributed by atoms with Crippen molar-refractivity contribution in [3.63, 3.8) is 0 Å². The molecular formula is C32H40N2O6. The quantitative estimate of drug-likeness (QED) is 0.301. The molecule has 8 atom stereocenters. The van der Waals surface area contributed by atoms with Gasteiger partial charge in [0.25, 0.3) is 5.91 Å². The molecule has 3 fully saturated rings. The summed E-state index contributed by atoms with van der Waals surface area (Å²) in [4.78, 5) is 29.5. The smallest absolute Gasteiger partial charge is 0.329 e. The fourth-order valence-corrected chi connectivity index (χ4v) is 8.40. The highest BCUT2D eigenvalue weighted by molar-refractivity contribution is 5.96. The second-order valence-electron chi connectivity index (χ2n) is 12.6.